The van der Waals surface area contributed by atoms with Gasteiger partial charge in [0.05, 0.1) is 0 Å². The van der Waals surface area contributed by atoms with Crippen molar-refractivity contribution in [3.8, 4) is 0 Å². The molecule has 0 heterocycles. The van der Waals surface area contributed by atoms with E-state index in [0.717, 1.165) is 11.5 Å². The van der Waals surface area contributed by atoms with Crippen molar-refractivity contribution in [3.63, 3.8) is 0 Å². The van der Waals surface area contributed by atoms with E-state index in [4.69, 9.17) is 0 Å². The SMILES string of the molecule is CC(C)C12CC3CC(c4cc(C(C)(C)C)cc(CS)c4N=O)(C1)CC(C(C)C)(C3)C2. The van der Waals surface area contributed by atoms with Gasteiger partial charge in [-0.2, -0.15) is 12.6 Å². The maximum absolute atomic E-state index is 12.2. The average molecular weight is 428 g/mol. The van der Waals surface area contributed by atoms with E-state index in [1.807, 2.05) is 0 Å². The smallest absolute Gasteiger partial charge is 0.115 e. The third kappa shape index (κ3) is 3.21. The van der Waals surface area contributed by atoms with Crippen molar-refractivity contribution in [3.05, 3.63) is 33.7 Å². The predicted octanol–water partition coefficient (Wildman–Crippen LogP) is 8.33. The molecule has 4 aliphatic carbocycles. The first-order chi connectivity index (χ1) is 13.9. The first kappa shape index (κ1) is 22.4. The highest BCUT2D eigenvalue weighted by molar-refractivity contribution is 7.79. The van der Waals surface area contributed by atoms with Crippen LogP contribution in [-0.2, 0) is 16.6 Å². The lowest BCUT2D eigenvalue weighted by atomic mass is 9.35. The van der Waals surface area contributed by atoms with Crippen LogP contribution in [-0.4, -0.2) is 0 Å². The van der Waals surface area contributed by atoms with Crippen molar-refractivity contribution < 1.29 is 0 Å². The zero-order valence-corrected chi connectivity index (χ0v) is 21.0. The molecule has 0 radical (unpaired) electrons. The van der Waals surface area contributed by atoms with Crippen LogP contribution < -0.4 is 0 Å². The zero-order chi connectivity index (χ0) is 22.1. The van der Waals surface area contributed by atoms with Crippen molar-refractivity contribution in [1.29, 1.82) is 0 Å². The van der Waals surface area contributed by atoms with Crippen molar-refractivity contribution in [2.45, 2.75) is 104 Å². The average Bonchev–Trinajstić information content (AvgIpc) is 2.64. The lowest BCUT2D eigenvalue weighted by molar-refractivity contribution is -0.162. The van der Waals surface area contributed by atoms with Gasteiger partial charge in [-0.05, 0) is 99.8 Å². The standard InChI is InChI=1S/C27H41NOS/c1-17(2)25-10-19-11-26(14-25,18(3)4)16-27(12-19,15-25)22-9-21(24(5,6)7)8-20(13-30)23(22)28-29/h8-9,17-19,30H,10-16H2,1-7H3. The molecule has 4 saturated carbocycles. The molecule has 2 unspecified atom stereocenters. The Bertz CT molecular complexity index is 825. The molecular formula is C27H41NOS. The van der Waals surface area contributed by atoms with E-state index in [9.17, 15) is 4.91 Å². The van der Waals surface area contributed by atoms with E-state index in [0.29, 0.717) is 34.1 Å². The molecule has 0 spiro atoms. The van der Waals surface area contributed by atoms with Crippen LogP contribution in [0.4, 0.5) is 5.69 Å². The normalized spacial score (nSPS) is 35.5. The maximum atomic E-state index is 12.2. The topological polar surface area (TPSA) is 29.4 Å². The number of nitrogens with zero attached hydrogens (tertiary/aromatic N) is 1. The quantitative estimate of drug-likeness (QED) is 0.371. The molecule has 30 heavy (non-hydrogen) atoms. The van der Waals surface area contributed by atoms with Crippen LogP contribution in [0.5, 0.6) is 0 Å². The van der Waals surface area contributed by atoms with E-state index >= 15 is 0 Å². The van der Waals surface area contributed by atoms with Gasteiger partial charge in [0.2, 0.25) is 0 Å². The van der Waals surface area contributed by atoms with Gasteiger partial charge in [0.1, 0.15) is 5.69 Å². The van der Waals surface area contributed by atoms with Crippen LogP contribution in [0.3, 0.4) is 0 Å². The number of hydrogen-bond donors (Lipinski definition) is 1. The van der Waals surface area contributed by atoms with E-state index in [2.05, 4.69) is 78.4 Å². The fraction of sp³-hybridized carbons (Fsp3) is 0.778. The van der Waals surface area contributed by atoms with Crippen LogP contribution in [0.2, 0.25) is 0 Å². The number of benzene rings is 1. The molecule has 3 heteroatoms. The molecule has 0 amide bonds. The minimum Gasteiger partial charge on any atom is -0.174 e. The number of nitroso groups, excluding NO2 is 1. The highest BCUT2D eigenvalue weighted by atomic mass is 32.1. The Hall–Kier alpha value is -0.830. The fourth-order valence-electron chi connectivity index (χ4n) is 7.94. The summed E-state index contributed by atoms with van der Waals surface area (Å²) in [7, 11) is 0. The fourth-order valence-corrected chi connectivity index (χ4v) is 8.18. The van der Waals surface area contributed by atoms with E-state index in [-0.39, 0.29) is 10.8 Å². The Kier molecular flexibility index (Phi) is 5.28. The number of hydrogen-bond acceptors (Lipinski definition) is 3. The molecule has 4 bridgehead atoms. The number of thiol groups is 1. The molecule has 0 aromatic heterocycles. The maximum Gasteiger partial charge on any atom is 0.115 e. The third-order valence-electron chi connectivity index (χ3n) is 9.49. The molecule has 0 aliphatic heterocycles. The molecule has 1 aromatic carbocycles. The van der Waals surface area contributed by atoms with Crippen LogP contribution in [0.1, 0.15) is 104 Å². The third-order valence-corrected chi connectivity index (χ3v) is 9.83. The summed E-state index contributed by atoms with van der Waals surface area (Å²) >= 11 is 4.60. The molecular weight excluding hydrogens is 386 g/mol. The van der Waals surface area contributed by atoms with E-state index in [1.165, 1.54) is 49.7 Å². The first-order valence-electron chi connectivity index (χ1n) is 12.0. The molecule has 166 valence electrons. The molecule has 1 aromatic rings. The minimum atomic E-state index is 0.0433. The Morgan fingerprint density at radius 3 is 2.00 bits per heavy atom. The molecule has 0 N–H and O–H groups in total. The summed E-state index contributed by atoms with van der Waals surface area (Å²) in [5, 5.41) is 3.66. The van der Waals surface area contributed by atoms with Gasteiger partial charge in [0, 0.05) is 5.75 Å². The largest absolute Gasteiger partial charge is 0.174 e. The van der Waals surface area contributed by atoms with Gasteiger partial charge >= 0.3 is 0 Å². The van der Waals surface area contributed by atoms with Gasteiger partial charge in [0.15, 0.2) is 0 Å². The Balaban J connectivity index is 1.96. The highest BCUT2D eigenvalue weighted by Gasteiger charge is 2.65. The summed E-state index contributed by atoms with van der Waals surface area (Å²) in [6.07, 6.45) is 7.82. The summed E-state index contributed by atoms with van der Waals surface area (Å²) in [4.78, 5) is 12.2. The van der Waals surface area contributed by atoms with Gasteiger partial charge in [0.25, 0.3) is 0 Å². The Morgan fingerprint density at radius 1 is 1.00 bits per heavy atom. The highest BCUT2D eigenvalue weighted by Crippen LogP contribution is 2.74. The molecule has 0 saturated heterocycles. The second-order valence-corrected chi connectivity index (χ2v) is 13.2. The summed E-state index contributed by atoms with van der Waals surface area (Å²) in [6.45, 7) is 16.6. The molecule has 2 nitrogen and oxygen atoms in total. The van der Waals surface area contributed by atoms with Gasteiger partial charge in [-0.25, -0.2) is 0 Å². The number of rotatable bonds is 5. The second kappa shape index (κ2) is 7.09. The first-order valence-corrected chi connectivity index (χ1v) is 12.7. The van der Waals surface area contributed by atoms with E-state index in [1.54, 1.807) is 0 Å². The van der Waals surface area contributed by atoms with Crippen LogP contribution in [0.15, 0.2) is 17.3 Å². The van der Waals surface area contributed by atoms with Gasteiger partial charge in [-0.1, -0.05) is 60.6 Å². The second-order valence-electron chi connectivity index (χ2n) is 12.9. The predicted molar refractivity (Wildman–Crippen MR) is 131 cm³/mol. The summed E-state index contributed by atoms with van der Waals surface area (Å²) in [5.74, 6) is 2.72. The monoisotopic (exact) mass is 427 g/mol. The molecule has 4 fully saturated rings. The Morgan fingerprint density at radius 2 is 1.57 bits per heavy atom. The zero-order valence-electron chi connectivity index (χ0n) is 20.1. The van der Waals surface area contributed by atoms with E-state index < -0.39 is 0 Å². The summed E-state index contributed by atoms with van der Waals surface area (Å²) in [5.41, 5.74) is 5.25. The minimum absolute atomic E-state index is 0.0433. The molecule has 5 rings (SSSR count). The van der Waals surface area contributed by atoms with Gasteiger partial charge in [-0.15, -0.1) is 4.91 Å². The van der Waals surface area contributed by atoms with Crippen molar-refractivity contribution >= 4 is 18.3 Å². The lowest BCUT2D eigenvalue weighted by Crippen LogP contribution is -2.61. The molecule has 2 atom stereocenters. The summed E-state index contributed by atoms with van der Waals surface area (Å²) in [6, 6.07) is 4.56. The summed E-state index contributed by atoms with van der Waals surface area (Å²) < 4.78 is 0. The van der Waals surface area contributed by atoms with Crippen LogP contribution in [0, 0.1) is 33.5 Å². The van der Waals surface area contributed by atoms with Gasteiger partial charge < -0.3 is 0 Å². The molecule has 4 aliphatic rings. The van der Waals surface area contributed by atoms with Gasteiger partial charge in [-0.3, -0.25) is 0 Å². The van der Waals surface area contributed by atoms with Crippen molar-refractivity contribution in [2.75, 3.05) is 0 Å². The lowest BCUT2D eigenvalue weighted by Gasteiger charge is -2.69. The van der Waals surface area contributed by atoms with Crippen molar-refractivity contribution in [2.24, 2.45) is 33.8 Å². The van der Waals surface area contributed by atoms with Crippen molar-refractivity contribution in [1.82, 2.24) is 0 Å². The van der Waals surface area contributed by atoms with Crippen LogP contribution in [0.25, 0.3) is 0 Å². The van der Waals surface area contributed by atoms with Crippen LogP contribution >= 0.6 is 12.6 Å². The Labute approximate surface area is 189 Å².